The second-order valence-electron chi connectivity index (χ2n) is 14.9. The van der Waals surface area contributed by atoms with Crippen molar-refractivity contribution in [2.75, 3.05) is 64.3 Å². The molecule has 21 nitrogen and oxygen atoms in total. The number of pyridine rings is 1. The number of anilines is 1. The number of carbonyl (C=O) groups excluding carboxylic acids is 7. The Balaban J connectivity index is 0.746. The van der Waals surface area contributed by atoms with Gasteiger partial charge in [0, 0.05) is 48.4 Å². The van der Waals surface area contributed by atoms with Crippen LogP contribution in [0.15, 0.2) is 84.6 Å². The first-order valence-electron chi connectivity index (χ1n) is 20.8. The van der Waals surface area contributed by atoms with Crippen molar-refractivity contribution in [3.63, 3.8) is 0 Å². The highest BCUT2D eigenvalue weighted by Gasteiger charge is 2.44. The molecule has 67 heavy (non-hydrogen) atoms. The van der Waals surface area contributed by atoms with E-state index in [-0.39, 0.29) is 94.6 Å². The van der Waals surface area contributed by atoms with Crippen molar-refractivity contribution in [1.29, 1.82) is 0 Å². The molecule has 1 unspecified atom stereocenters. The summed E-state index contributed by atoms with van der Waals surface area (Å²) in [6.07, 6.45) is 5.26. The van der Waals surface area contributed by atoms with E-state index >= 15 is 0 Å². The topological polar surface area (TPSA) is 273 Å². The van der Waals surface area contributed by atoms with Crippen molar-refractivity contribution in [2.45, 2.75) is 25.3 Å². The maximum Gasteiger partial charge on any atom is 0.262 e. The summed E-state index contributed by atoms with van der Waals surface area (Å²) in [5.74, 6) is -2.97. The Morgan fingerprint density at radius 2 is 1.60 bits per heavy atom. The van der Waals surface area contributed by atoms with Crippen LogP contribution >= 0.6 is 11.3 Å². The van der Waals surface area contributed by atoms with Gasteiger partial charge in [-0.1, -0.05) is 18.2 Å². The van der Waals surface area contributed by atoms with Crippen LogP contribution in [0.5, 0.6) is 11.6 Å². The van der Waals surface area contributed by atoms with Crippen molar-refractivity contribution in [1.82, 2.24) is 34.8 Å². The van der Waals surface area contributed by atoms with E-state index in [1.807, 2.05) is 30.3 Å². The number of nitrogens with zero attached hydrogens (tertiary/aromatic N) is 4. The van der Waals surface area contributed by atoms with Gasteiger partial charge in [0.05, 0.1) is 68.2 Å². The lowest BCUT2D eigenvalue weighted by molar-refractivity contribution is -0.136. The summed E-state index contributed by atoms with van der Waals surface area (Å²) in [7, 11) is -3.54. The average molecular weight is 957 g/mol. The van der Waals surface area contributed by atoms with Gasteiger partial charge in [-0.2, -0.15) is 0 Å². The molecule has 2 aromatic carbocycles. The molecule has 0 aliphatic carbocycles. The molecular formula is C44H44N8O13S2. The Morgan fingerprint density at radius 3 is 2.39 bits per heavy atom. The van der Waals surface area contributed by atoms with Crippen LogP contribution in [-0.2, 0) is 38.7 Å². The third-order valence-corrected chi connectivity index (χ3v) is 11.9. The van der Waals surface area contributed by atoms with Gasteiger partial charge in [0.15, 0.2) is 5.13 Å². The van der Waals surface area contributed by atoms with E-state index < -0.39 is 51.5 Å². The van der Waals surface area contributed by atoms with Crippen LogP contribution < -0.4 is 30.7 Å². The lowest BCUT2D eigenvalue weighted by Gasteiger charge is -2.27. The molecule has 7 rings (SSSR count). The van der Waals surface area contributed by atoms with Gasteiger partial charge in [-0.15, -0.1) is 11.3 Å². The molecule has 0 saturated carbocycles. The minimum absolute atomic E-state index is 0.0335. The zero-order chi connectivity index (χ0) is 47.5. The van der Waals surface area contributed by atoms with E-state index in [1.54, 1.807) is 23.7 Å². The Morgan fingerprint density at radius 1 is 0.836 bits per heavy atom. The van der Waals surface area contributed by atoms with Crippen LogP contribution in [0.4, 0.5) is 5.13 Å². The summed E-state index contributed by atoms with van der Waals surface area (Å²) in [4.78, 5) is 96.6. The van der Waals surface area contributed by atoms with Crippen LogP contribution in [0, 0.1) is 0 Å². The molecule has 5 aromatic rings. The van der Waals surface area contributed by atoms with Gasteiger partial charge in [0.25, 0.3) is 17.7 Å². The molecule has 2 aliphatic heterocycles. The molecule has 7 amide bonds. The monoisotopic (exact) mass is 956 g/mol. The minimum Gasteiger partial charge on any atom is -0.491 e. The second-order valence-corrected chi connectivity index (χ2v) is 17.6. The molecule has 2 aliphatic rings. The number of nitrogens with one attached hydrogen (secondary N) is 4. The Bertz CT molecular complexity index is 2810. The first-order chi connectivity index (χ1) is 32.2. The lowest BCUT2D eigenvalue weighted by Crippen LogP contribution is -2.54. The van der Waals surface area contributed by atoms with Gasteiger partial charge in [-0.25, -0.2) is 18.4 Å². The fourth-order valence-electron chi connectivity index (χ4n) is 6.81. The fourth-order valence-corrected chi connectivity index (χ4v) is 8.14. The van der Waals surface area contributed by atoms with Gasteiger partial charge in [0.1, 0.15) is 25.0 Å². The number of rotatable bonds is 22. The summed E-state index contributed by atoms with van der Waals surface area (Å²) < 4.78 is 46.7. The molecule has 23 heteroatoms. The molecular weight excluding hydrogens is 913 g/mol. The number of ether oxygens (including phenoxy) is 4. The molecule has 350 valence electrons. The van der Waals surface area contributed by atoms with Gasteiger partial charge in [-0.3, -0.25) is 47.8 Å². The molecule has 1 fully saturated rings. The van der Waals surface area contributed by atoms with Gasteiger partial charge in [0.2, 0.25) is 39.5 Å². The Labute approximate surface area is 387 Å². The maximum atomic E-state index is 13.0. The summed E-state index contributed by atoms with van der Waals surface area (Å²) in [5, 5.41) is 12.2. The minimum atomic E-state index is -3.54. The van der Waals surface area contributed by atoms with Gasteiger partial charge >= 0.3 is 0 Å². The zero-order valence-electron chi connectivity index (χ0n) is 35.9. The third kappa shape index (κ3) is 12.5. The second kappa shape index (κ2) is 21.8. The van der Waals surface area contributed by atoms with Crippen LogP contribution in [-0.4, -0.2) is 134 Å². The van der Waals surface area contributed by atoms with Crippen molar-refractivity contribution < 1.29 is 60.9 Å². The third-order valence-electron chi connectivity index (χ3n) is 10.1. The van der Waals surface area contributed by atoms with Crippen LogP contribution in [0.1, 0.15) is 50.3 Å². The number of piperidine rings is 1. The van der Waals surface area contributed by atoms with E-state index in [2.05, 4.69) is 31.2 Å². The molecule has 1 atom stereocenters. The molecule has 4 N–H and O–H groups in total. The molecule has 5 heterocycles. The molecule has 0 spiro atoms. The van der Waals surface area contributed by atoms with Crippen molar-refractivity contribution in [3.8, 4) is 34.0 Å². The Kier molecular flexibility index (Phi) is 15.5. The van der Waals surface area contributed by atoms with E-state index in [1.165, 1.54) is 41.9 Å². The first kappa shape index (κ1) is 47.6. The number of imide groups is 2. The summed E-state index contributed by atoms with van der Waals surface area (Å²) in [6, 6.07) is 16.0. The lowest BCUT2D eigenvalue weighted by atomic mass is 10.0. The molecule has 3 aromatic heterocycles. The van der Waals surface area contributed by atoms with E-state index in [0.717, 1.165) is 31.8 Å². The number of hydrogen-bond acceptors (Lipinski definition) is 16. The number of thiazole rings is 1. The van der Waals surface area contributed by atoms with Crippen molar-refractivity contribution in [2.24, 2.45) is 0 Å². The highest BCUT2D eigenvalue weighted by Crippen LogP contribution is 2.31. The number of carbonyl (C=O) groups is 7. The standard InChI is InChI=1S/C44H44N8O13S2/c1-67(60,61)51-14-10-30(25-51)40(56)47-24-38(55)50-44-48-34(26-66-44)29-4-2-3-27(21-29)28-9-12-46-39(22-28)65-16-13-45-36(53)11-15-62-17-18-63-19-20-64-31-5-6-32-33(23-31)43(59)52(42(32)58)35-7-8-37(54)49-41(35)57/h2-6,9-10,12,14,21-23,25-26,35H,7-8,11,13,15-20,24H2,1H3,(H,45,53)(H,47,56)(H,48,50,55)(H,49,54,57). The molecule has 0 radical (unpaired) electrons. The van der Waals surface area contributed by atoms with E-state index in [4.69, 9.17) is 18.9 Å². The highest BCUT2D eigenvalue weighted by molar-refractivity contribution is 7.89. The average Bonchev–Trinajstić information content (AvgIpc) is 4.06. The number of hydrogen-bond donors (Lipinski definition) is 4. The molecule has 0 bridgehead atoms. The smallest absolute Gasteiger partial charge is 0.262 e. The highest BCUT2D eigenvalue weighted by atomic mass is 32.2. The fraction of sp³-hybridized carbons (Fsp3) is 0.295. The van der Waals surface area contributed by atoms with E-state index in [9.17, 15) is 42.0 Å². The quantitative estimate of drug-likeness (QED) is 0.0572. The predicted octanol–water partition coefficient (Wildman–Crippen LogP) is 2.25. The van der Waals surface area contributed by atoms with Gasteiger partial charge < -0.3 is 34.9 Å². The number of amides is 7. The number of aromatic nitrogens is 3. The van der Waals surface area contributed by atoms with Crippen molar-refractivity contribution in [3.05, 3.63) is 101 Å². The molecule has 1 saturated heterocycles. The summed E-state index contributed by atoms with van der Waals surface area (Å²) in [6.45, 7) is 1.10. The Hall–Kier alpha value is -7.34. The predicted molar refractivity (Wildman–Crippen MR) is 240 cm³/mol. The zero-order valence-corrected chi connectivity index (χ0v) is 37.5. The number of benzene rings is 2. The van der Waals surface area contributed by atoms with E-state index in [0.29, 0.717) is 22.5 Å². The first-order valence-corrected chi connectivity index (χ1v) is 23.5. The largest absolute Gasteiger partial charge is 0.491 e. The summed E-state index contributed by atoms with van der Waals surface area (Å²) in [5.41, 5.74) is 3.47. The van der Waals surface area contributed by atoms with Crippen LogP contribution in [0.3, 0.4) is 0 Å². The summed E-state index contributed by atoms with van der Waals surface area (Å²) >= 11 is 1.21. The maximum absolute atomic E-state index is 13.0. The normalized spacial score (nSPS) is 14.6. The SMILES string of the molecule is CS(=O)(=O)n1ccc(C(=O)NCC(=O)Nc2nc(-c3cccc(-c4ccnc(OCCNC(=O)CCOCCOCCOc5ccc6c(c5)C(=O)N(C5CCC(=O)NC5=O)C6=O)c4)c3)cs2)c1. The van der Waals surface area contributed by atoms with Crippen molar-refractivity contribution >= 4 is 67.8 Å². The van der Waals surface area contributed by atoms with Crippen LogP contribution in [0.2, 0.25) is 0 Å². The van der Waals surface area contributed by atoms with Crippen LogP contribution in [0.25, 0.3) is 22.4 Å². The van der Waals surface area contributed by atoms with Gasteiger partial charge in [-0.05, 0) is 53.9 Å². The number of fused-ring (bicyclic) bond motifs is 1.